The van der Waals surface area contributed by atoms with Crippen molar-refractivity contribution in [1.82, 2.24) is 9.88 Å². The highest BCUT2D eigenvalue weighted by Crippen LogP contribution is 2.17. The van der Waals surface area contributed by atoms with Crippen LogP contribution in [0.15, 0.2) is 54.2 Å². The molecular formula is C17H18N2O. The van der Waals surface area contributed by atoms with Crippen molar-refractivity contribution in [3.05, 3.63) is 65.5 Å². The van der Waals surface area contributed by atoms with Crippen LogP contribution in [0.3, 0.4) is 0 Å². The SMILES string of the molecule is O=C1CCN(Cc2ccccc2)C/C1=C/c1ccc[nH]1. The van der Waals surface area contributed by atoms with E-state index in [9.17, 15) is 4.79 Å². The van der Waals surface area contributed by atoms with Gasteiger partial charge in [0.05, 0.1) is 0 Å². The third-order valence-corrected chi connectivity index (χ3v) is 3.61. The van der Waals surface area contributed by atoms with Crippen molar-refractivity contribution in [3.63, 3.8) is 0 Å². The van der Waals surface area contributed by atoms with Gasteiger partial charge in [-0.1, -0.05) is 30.3 Å². The Morgan fingerprint density at radius 2 is 2.00 bits per heavy atom. The molecular weight excluding hydrogens is 248 g/mol. The van der Waals surface area contributed by atoms with Gasteiger partial charge in [-0.15, -0.1) is 0 Å². The summed E-state index contributed by atoms with van der Waals surface area (Å²) in [6.45, 7) is 2.47. The highest BCUT2D eigenvalue weighted by molar-refractivity contribution is 6.00. The van der Waals surface area contributed by atoms with Crippen molar-refractivity contribution in [1.29, 1.82) is 0 Å². The predicted octanol–water partition coefficient (Wildman–Crippen LogP) is 2.87. The van der Waals surface area contributed by atoms with E-state index >= 15 is 0 Å². The smallest absolute Gasteiger partial charge is 0.161 e. The van der Waals surface area contributed by atoms with Crippen molar-refractivity contribution < 1.29 is 4.79 Å². The van der Waals surface area contributed by atoms with Crippen LogP contribution in [0.25, 0.3) is 6.08 Å². The number of aromatic amines is 1. The van der Waals surface area contributed by atoms with Gasteiger partial charge in [0, 0.05) is 43.5 Å². The van der Waals surface area contributed by atoms with Crippen LogP contribution in [0.2, 0.25) is 0 Å². The molecule has 1 aliphatic rings. The molecule has 0 atom stereocenters. The molecule has 0 radical (unpaired) electrons. The first-order valence-corrected chi connectivity index (χ1v) is 6.95. The second-order valence-electron chi connectivity index (χ2n) is 5.16. The van der Waals surface area contributed by atoms with Gasteiger partial charge >= 0.3 is 0 Å². The number of likely N-dealkylation sites (tertiary alicyclic amines) is 1. The number of nitrogens with zero attached hydrogens (tertiary/aromatic N) is 1. The topological polar surface area (TPSA) is 36.1 Å². The molecule has 1 N–H and O–H groups in total. The number of hydrogen-bond acceptors (Lipinski definition) is 2. The van der Waals surface area contributed by atoms with E-state index < -0.39 is 0 Å². The van der Waals surface area contributed by atoms with Crippen molar-refractivity contribution in [3.8, 4) is 0 Å². The number of aromatic nitrogens is 1. The van der Waals surface area contributed by atoms with Crippen molar-refractivity contribution in [2.45, 2.75) is 13.0 Å². The molecule has 2 heterocycles. The van der Waals surface area contributed by atoms with Crippen LogP contribution in [0.4, 0.5) is 0 Å². The maximum absolute atomic E-state index is 12.0. The second kappa shape index (κ2) is 5.88. The molecule has 0 saturated carbocycles. The van der Waals surface area contributed by atoms with Crippen molar-refractivity contribution >= 4 is 11.9 Å². The van der Waals surface area contributed by atoms with Gasteiger partial charge in [-0.3, -0.25) is 9.69 Å². The van der Waals surface area contributed by atoms with Crippen LogP contribution in [0.5, 0.6) is 0 Å². The van der Waals surface area contributed by atoms with E-state index in [1.165, 1.54) is 5.56 Å². The summed E-state index contributed by atoms with van der Waals surface area (Å²) >= 11 is 0. The number of carbonyl (C=O) groups is 1. The lowest BCUT2D eigenvalue weighted by molar-refractivity contribution is -0.117. The van der Waals surface area contributed by atoms with E-state index in [1.807, 2.05) is 30.5 Å². The van der Waals surface area contributed by atoms with Crippen LogP contribution in [-0.4, -0.2) is 28.8 Å². The Balaban J connectivity index is 1.72. The number of H-pyrrole nitrogens is 1. The summed E-state index contributed by atoms with van der Waals surface area (Å²) < 4.78 is 0. The number of nitrogens with one attached hydrogen (secondary N) is 1. The first kappa shape index (κ1) is 12.9. The minimum absolute atomic E-state index is 0.268. The summed E-state index contributed by atoms with van der Waals surface area (Å²) in [5.74, 6) is 0.268. The summed E-state index contributed by atoms with van der Waals surface area (Å²) in [5.41, 5.74) is 3.19. The highest BCUT2D eigenvalue weighted by atomic mass is 16.1. The van der Waals surface area contributed by atoms with E-state index in [-0.39, 0.29) is 5.78 Å². The summed E-state index contributed by atoms with van der Waals surface area (Å²) in [7, 11) is 0. The standard InChI is InChI=1S/C17H18N2O/c20-17-8-10-19(12-14-5-2-1-3-6-14)13-15(17)11-16-7-4-9-18-16/h1-7,9,11,18H,8,10,12-13H2/b15-11-. The lowest BCUT2D eigenvalue weighted by Gasteiger charge is -2.27. The fourth-order valence-electron chi connectivity index (χ4n) is 2.55. The van der Waals surface area contributed by atoms with E-state index in [0.717, 1.165) is 30.9 Å². The minimum atomic E-state index is 0.268. The lowest BCUT2D eigenvalue weighted by Crippen LogP contribution is -2.35. The number of piperidine rings is 1. The maximum Gasteiger partial charge on any atom is 0.161 e. The molecule has 1 saturated heterocycles. The summed E-state index contributed by atoms with van der Waals surface area (Å²) in [4.78, 5) is 17.5. The lowest BCUT2D eigenvalue weighted by atomic mass is 10.0. The molecule has 0 spiro atoms. The van der Waals surface area contributed by atoms with Crippen molar-refractivity contribution in [2.24, 2.45) is 0 Å². The van der Waals surface area contributed by atoms with E-state index in [0.29, 0.717) is 6.42 Å². The van der Waals surface area contributed by atoms with E-state index in [4.69, 9.17) is 0 Å². The number of rotatable bonds is 3. The predicted molar refractivity (Wildman–Crippen MR) is 80.1 cm³/mol. The Morgan fingerprint density at radius 3 is 2.75 bits per heavy atom. The first-order valence-electron chi connectivity index (χ1n) is 6.95. The first-order chi connectivity index (χ1) is 9.81. The molecule has 102 valence electrons. The number of hydrogen-bond donors (Lipinski definition) is 1. The molecule has 0 amide bonds. The molecule has 20 heavy (non-hydrogen) atoms. The monoisotopic (exact) mass is 266 g/mol. The molecule has 0 aliphatic carbocycles. The molecule has 1 aromatic carbocycles. The average Bonchev–Trinajstić information content (AvgIpc) is 2.97. The van der Waals surface area contributed by atoms with Gasteiger partial charge in [0.25, 0.3) is 0 Å². The maximum atomic E-state index is 12.0. The van der Waals surface area contributed by atoms with Gasteiger partial charge in [0.15, 0.2) is 5.78 Å². The molecule has 3 heteroatoms. The number of Topliss-reactive ketones (excluding diaryl/α,β-unsaturated/α-hetero) is 1. The average molecular weight is 266 g/mol. The second-order valence-corrected chi connectivity index (χ2v) is 5.16. The summed E-state index contributed by atoms with van der Waals surface area (Å²) in [6.07, 6.45) is 4.46. The zero-order chi connectivity index (χ0) is 13.8. The minimum Gasteiger partial charge on any atom is -0.362 e. The van der Waals surface area contributed by atoms with Gasteiger partial charge in [0.2, 0.25) is 0 Å². The molecule has 1 aromatic heterocycles. The Labute approximate surface area is 118 Å². The molecule has 1 aliphatic heterocycles. The highest BCUT2D eigenvalue weighted by Gasteiger charge is 2.21. The molecule has 0 bridgehead atoms. The molecule has 0 unspecified atom stereocenters. The quantitative estimate of drug-likeness (QED) is 0.867. The normalized spacial score (nSPS) is 18.6. The Hall–Kier alpha value is -2.13. The van der Waals surface area contributed by atoms with E-state index in [2.05, 4.69) is 34.1 Å². The third kappa shape index (κ3) is 3.06. The van der Waals surface area contributed by atoms with Crippen molar-refractivity contribution in [2.75, 3.05) is 13.1 Å². The Bertz CT molecular complexity index is 599. The Kier molecular flexibility index (Phi) is 3.79. The Morgan fingerprint density at radius 1 is 1.15 bits per heavy atom. The zero-order valence-electron chi connectivity index (χ0n) is 11.4. The van der Waals surface area contributed by atoms with Crippen LogP contribution in [-0.2, 0) is 11.3 Å². The fraction of sp³-hybridized carbons (Fsp3) is 0.235. The molecule has 1 fully saturated rings. The van der Waals surface area contributed by atoms with Gasteiger partial charge in [0.1, 0.15) is 0 Å². The summed E-state index contributed by atoms with van der Waals surface area (Å²) in [6, 6.07) is 14.3. The van der Waals surface area contributed by atoms with E-state index in [1.54, 1.807) is 0 Å². The largest absolute Gasteiger partial charge is 0.362 e. The zero-order valence-corrected chi connectivity index (χ0v) is 11.4. The van der Waals surface area contributed by atoms with Gasteiger partial charge in [-0.2, -0.15) is 0 Å². The van der Waals surface area contributed by atoms with Gasteiger partial charge in [-0.05, 0) is 23.8 Å². The fourth-order valence-corrected chi connectivity index (χ4v) is 2.55. The van der Waals surface area contributed by atoms with Crippen LogP contribution < -0.4 is 0 Å². The molecule has 2 aromatic rings. The molecule has 3 rings (SSSR count). The molecule has 3 nitrogen and oxygen atoms in total. The summed E-state index contributed by atoms with van der Waals surface area (Å²) in [5, 5.41) is 0. The van der Waals surface area contributed by atoms with Crippen LogP contribution in [0.1, 0.15) is 17.7 Å². The van der Waals surface area contributed by atoms with Gasteiger partial charge < -0.3 is 4.98 Å². The number of benzene rings is 1. The van der Waals surface area contributed by atoms with Gasteiger partial charge in [-0.25, -0.2) is 0 Å². The number of carbonyl (C=O) groups excluding carboxylic acids is 1. The van der Waals surface area contributed by atoms with Crippen LogP contribution in [0, 0.1) is 0 Å². The third-order valence-electron chi connectivity index (χ3n) is 3.61. The van der Waals surface area contributed by atoms with Crippen LogP contribution >= 0.6 is 0 Å². The number of ketones is 1.